The fraction of sp³-hybridized carbons (Fsp3) is 0.160. The lowest BCUT2D eigenvalue weighted by Crippen LogP contribution is -2.41. The molecule has 34 heavy (non-hydrogen) atoms. The molecule has 3 aromatic carbocycles. The van der Waals surface area contributed by atoms with Crippen LogP contribution >= 0.6 is 23.4 Å². The summed E-state index contributed by atoms with van der Waals surface area (Å²) in [7, 11) is 0. The smallest absolute Gasteiger partial charge is 0.240 e. The first-order chi connectivity index (χ1) is 16.6. The quantitative estimate of drug-likeness (QED) is 0.376. The van der Waals surface area contributed by atoms with Crippen LogP contribution < -0.4 is 15.5 Å². The topological polar surface area (TPSA) is 81.1 Å². The molecule has 7 nitrogen and oxygen atoms in total. The van der Waals surface area contributed by atoms with Gasteiger partial charge in [0.2, 0.25) is 11.1 Å². The average molecular weight is 492 g/mol. The molecule has 0 saturated heterocycles. The van der Waals surface area contributed by atoms with Crippen LogP contribution in [0.5, 0.6) is 5.75 Å². The maximum absolute atomic E-state index is 13.4. The van der Waals surface area contributed by atoms with Crippen molar-refractivity contribution in [3.63, 3.8) is 0 Å². The Morgan fingerprint density at radius 3 is 2.50 bits per heavy atom. The van der Waals surface area contributed by atoms with Crippen LogP contribution in [0, 0.1) is 0 Å². The van der Waals surface area contributed by atoms with E-state index in [2.05, 4.69) is 20.9 Å². The summed E-state index contributed by atoms with van der Waals surface area (Å²) in [5.74, 6) is 1.30. The molecule has 0 fully saturated rings. The third-order valence-electron chi connectivity index (χ3n) is 5.39. The van der Waals surface area contributed by atoms with E-state index < -0.39 is 5.25 Å². The van der Waals surface area contributed by atoms with E-state index in [4.69, 9.17) is 16.3 Å². The van der Waals surface area contributed by atoms with E-state index in [0.717, 1.165) is 16.9 Å². The van der Waals surface area contributed by atoms with Crippen LogP contribution in [0.4, 0.5) is 5.69 Å². The highest BCUT2D eigenvalue weighted by atomic mass is 35.5. The number of carbonyl (C=O) groups excluding carboxylic acids is 1. The number of hydrogen-bond acceptors (Lipinski definition) is 6. The van der Waals surface area contributed by atoms with Crippen LogP contribution in [-0.4, -0.2) is 32.6 Å². The van der Waals surface area contributed by atoms with Gasteiger partial charge in [0.15, 0.2) is 5.82 Å². The number of benzene rings is 3. The highest BCUT2D eigenvalue weighted by molar-refractivity contribution is 8.00. The van der Waals surface area contributed by atoms with Gasteiger partial charge in [-0.05, 0) is 48.9 Å². The molecule has 2 heterocycles. The fourth-order valence-electron chi connectivity index (χ4n) is 3.76. The maximum atomic E-state index is 13.4. The number of hydrogen-bond donors (Lipinski definition) is 2. The number of ether oxygens (including phenoxy) is 1. The zero-order chi connectivity index (χ0) is 23.5. The van der Waals surface area contributed by atoms with E-state index in [-0.39, 0.29) is 11.9 Å². The normalized spacial score (nSPS) is 16.9. The molecule has 4 aromatic rings. The minimum Gasteiger partial charge on any atom is -0.494 e. The maximum Gasteiger partial charge on any atom is 0.240 e. The van der Waals surface area contributed by atoms with Gasteiger partial charge in [-0.3, -0.25) is 4.79 Å². The molecular formula is C25H22ClN5O2S. The first-order valence-corrected chi connectivity index (χ1v) is 12.1. The summed E-state index contributed by atoms with van der Waals surface area (Å²) in [5.41, 5.74) is 6.03. The zero-order valence-corrected chi connectivity index (χ0v) is 19.9. The lowest BCUT2D eigenvalue weighted by Gasteiger charge is -2.33. The van der Waals surface area contributed by atoms with Crippen LogP contribution in [0.3, 0.4) is 0 Å². The number of anilines is 1. The number of fused-ring (bicyclic) bond motifs is 1. The number of nitrogens with one attached hydrogen (secondary N) is 2. The molecule has 1 aliphatic heterocycles. The van der Waals surface area contributed by atoms with Crippen molar-refractivity contribution < 1.29 is 9.53 Å². The van der Waals surface area contributed by atoms with Gasteiger partial charge in [-0.15, -0.1) is 10.2 Å². The SMILES string of the molecule is CCOc1ccc(NC(=O)[C@@H]2Sc3nnc(-c4ccccc4)n3N[C@@H]2c2ccc(Cl)cc2)cc1. The van der Waals surface area contributed by atoms with Crippen LogP contribution in [0.1, 0.15) is 18.5 Å². The van der Waals surface area contributed by atoms with Crippen molar-refractivity contribution in [1.82, 2.24) is 14.9 Å². The minimum absolute atomic E-state index is 0.142. The van der Waals surface area contributed by atoms with E-state index in [9.17, 15) is 4.79 Å². The monoisotopic (exact) mass is 491 g/mol. The molecule has 172 valence electrons. The number of aromatic nitrogens is 3. The third-order valence-corrected chi connectivity index (χ3v) is 6.86. The number of thioether (sulfide) groups is 1. The Morgan fingerprint density at radius 1 is 1.06 bits per heavy atom. The molecule has 5 rings (SSSR count). The van der Waals surface area contributed by atoms with Gasteiger partial charge >= 0.3 is 0 Å². The van der Waals surface area contributed by atoms with Crippen molar-refractivity contribution >= 4 is 35.0 Å². The minimum atomic E-state index is -0.493. The van der Waals surface area contributed by atoms with Gasteiger partial charge in [0, 0.05) is 16.3 Å². The predicted octanol–water partition coefficient (Wildman–Crippen LogP) is 5.40. The van der Waals surface area contributed by atoms with Crippen LogP contribution in [0.15, 0.2) is 84.0 Å². The van der Waals surface area contributed by atoms with E-state index in [1.807, 2.05) is 90.5 Å². The second-order valence-electron chi connectivity index (χ2n) is 7.65. The Bertz CT molecular complexity index is 1280. The molecule has 0 radical (unpaired) electrons. The van der Waals surface area contributed by atoms with Crippen LogP contribution in [0.25, 0.3) is 11.4 Å². The molecule has 2 N–H and O–H groups in total. The third kappa shape index (κ3) is 4.60. The summed E-state index contributed by atoms with van der Waals surface area (Å²) < 4.78 is 7.34. The van der Waals surface area contributed by atoms with Crippen molar-refractivity contribution in [2.75, 3.05) is 17.3 Å². The summed E-state index contributed by atoms with van der Waals surface area (Å²) in [4.78, 5) is 13.4. The molecule has 0 saturated carbocycles. The van der Waals surface area contributed by atoms with E-state index in [0.29, 0.717) is 28.3 Å². The van der Waals surface area contributed by atoms with Crippen LogP contribution in [0.2, 0.25) is 5.02 Å². The molecule has 0 unspecified atom stereocenters. The van der Waals surface area contributed by atoms with Gasteiger partial charge in [-0.1, -0.05) is 65.8 Å². The van der Waals surface area contributed by atoms with E-state index in [1.165, 1.54) is 11.8 Å². The zero-order valence-electron chi connectivity index (χ0n) is 18.3. The summed E-state index contributed by atoms with van der Waals surface area (Å²) in [5, 5.41) is 12.5. The molecular weight excluding hydrogens is 470 g/mol. The number of halogens is 1. The van der Waals surface area contributed by atoms with E-state index >= 15 is 0 Å². The van der Waals surface area contributed by atoms with Crippen molar-refractivity contribution in [3.05, 3.63) is 89.4 Å². The van der Waals surface area contributed by atoms with Crippen molar-refractivity contribution in [3.8, 4) is 17.1 Å². The molecule has 0 aliphatic carbocycles. The van der Waals surface area contributed by atoms with Crippen molar-refractivity contribution in [1.29, 1.82) is 0 Å². The number of amides is 1. The Hall–Kier alpha value is -3.49. The van der Waals surface area contributed by atoms with Crippen LogP contribution in [-0.2, 0) is 4.79 Å². The van der Waals surface area contributed by atoms with Gasteiger partial charge in [0.1, 0.15) is 11.0 Å². The summed E-state index contributed by atoms with van der Waals surface area (Å²) in [6, 6.07) is 24.3. The first-order valence-electron chi connectivity index (χ1n) is 10.9. The summed E-state index contributed by atoms with van der Waals surface area (Å²) in [6.45, 7) is 2.52. The second kappa shape index (κ2) is 9.79. The Labute approximate surface area is 206 Å². The largest absolute Gasteiger partial charge is 0.494 e. The summed E-state index contributed by atoms with van der Waals surface area (Å²) >= 11 is 7.50. The Morgan fingerprint density at radius 2 is 1.79 bits per heavy atom. The summed E-state index contributed by atoms with van der Waals surface area (Å²) in [6.07, 6.45) is 0. The molecule has 9 heteroatoms. The predicted molar refractivity (Wildman–Crippen MR) is 135 cm³/mol. The van der Waals surface area contributed by atoms with Crippen molar-refractivity contribution in [2.24, 2.45) is 0 Å². The molecule has 0 spiro atoms. The van der Waals surface area contributed by atoms with Gasteiger partial charge < -0.3 is 15.5 Å². The highest BCUT2D eigenvalue weighted by Crippen LogP contribution is 2.39. The van der Waals surface area contributed by atoms with Gasteiger partial charge in [0.05, 0.1) is 12.6 Å². The number of nitrogens with zero attached hydrogens (tertiary/aromatic N) is 3. The lowest BCUT2D eigenvalue weighted by molar-refractivity contribution is -0.116. The van der Waals surface area contributed by atoms with Gasteiger partial charge in [-0.2, -0.15) is 0 Å². The molecule has 1 aliphatic rings. The average Bonchev–Trinajstić information content (AvgIpc) is 3.29. The Balaban J connectivity index is 1.46. The molecule has 0 bridgehead atoms. The lowest BCUT2D eigenvalue weighted by atomic mass is 10.0. The first kappa shape index (κ1) is 22.3. The van der Waals surface area contributed by atoms with Crippen molar-refractivity contribution in [2.45, 2.75) is 23.4 Å². The highest BCUT2D eigenvalue weighted by Gasteiger charge is 2.38. The Kier molecular flexibility index (Phi) is 6.42. The second-order valence-corrected chi connectivity index (χ2v) is 9.20. The van der Waals surface area contributed by atoms with Gasteiger partial charge in [0.25, 0.3) is 0 Å². The fourth-order valence-corrected chi connectivity index (χ4v) is 4.97. The van der Waals surface area contributed by atoms with Gasteiger partial charge in [-0.25, -0.2) is 4.68 Å². The standard InChI is InChI=1S/C25H22ClN5O2S/c1-2-33-20-14-12-19(13-15-20)27-24(32)22-21(16-8-10-18(26)11-9-16)30-31-23(28-29-25(31)34-22)17-6-4-3-5-7-17/h3-15,21-22,30H,2H2,1H3,(H,27,32)/t21-,22-/m1/s1. The molecule has 1 amide bonds. The molecule has 2 atom stereocenters. The van der Waals surface area contributed by atoms with E-state index in [1.54, 1.807) is 0 Å². The number of rotatable bonds is 6. The number of carbonyl (C=O) groups is 1. The molecule has 1 aromatic heterocycles.